The maximum atomic E-state index is 5.50. The minimum Gasteiger partial charge on any atom is -0.496 e. The van der Waals surface area contributed by atoms with Crippen molar-refractivity contribution < 1.29 is 14.0 Å². The predicted molar refractivity (Wildman–Crippen MR) is 67.7 cm³/mol. The lowest BCUT2D eigenvalue weighted by Crippen LogP contribution is -1.94. The molecular formula is C13H16N2O3. The van der Waals surface area contributed by atoms with E-state index in [9.17, 15) is 0 Å². The number of benzene rings is 1. The Bertz CT molecular complexity index is 549. The highest BCUT2D eigenvalue weighted by atomic mass is 16.5. The summed E-state index contributed by atoms with van der Waals surface area (Å²) in [7, 11) is 3.25. The van der Waals surface area contributed by atoms with Crippen LogP contribution >= 0.6 is 0 Å². The molecule has 1 aromatic carbocycles. The first kappa shape index (κ1) is 12.4. The van der Waals surface area contributed by atoms with Gasteiger partial charge in [-0.25, -0.2) is 0 Å². The van der Waals surface area contributed by atoms with E-state index < -0.39 is 0 Å². The molecule has 0 aliphatic heterocycles. The highest BCUT2D eigenvalue weighted by Crippen LogP contribution is 2.35. The number of aryl methyl sites for hydroxylation is 1. The summed E-state index contributed by atoms with van der Waals surface area (Å²) in [6.45, 7) is 2.28. The van der Waals surface area contributed by atoms with Gasteiger partial charge in [-0.05, 0) is 24.6 Å². The molecule has 0 saturated heterocycles. The standard InChI is InChI=1S/C13H16N2O3/c1-8-4-13(17-3)10(6-12(8)16-2)11-5-9(7-14)18-15-11/h4-6H,7,14H2,1-3H3. The van der Waals surface area contributed by atoms with E-state index in [1.807, 2.05) is 19.1 Å². The Morgan fingerprint density at radius 1 is 1.17 bits per heavy atom. The van der Waals surface area contributed by atoms with Gasteiger partial charge >= 0.3 is 0 Å². The summed E-state index contributed by atoms with van der Waals surface area (Å²) < 4.78 is 15.8. The topological polar surface area (TPSA) is 70.5 Å². The van der Waals surface area contributed by atoms with Gasteiger partial charge in [-0.15, -0.1) is 0 Å². The molecule has 18 heavy (non-hydrogen) atoms. The molecule has 0 saturated carbocycles. The van der Waals surface area contributed by atoms with E-state index in [-0.39, 0.29) is 0 Å². The zero-order chi connectivity index (χ0) is 13.1. The van der Waals surface area contributed by atoms with Crippen molar-refractivity contribution in [3.8, 4) is 22.8 Å². The third-order valence-corrected chi connectivity index (χ3v) is 2.75. The summed E-state index contributed by atoms with van der Waals surface area (Å²) in [4.78, 5) is 0. The molecule has 1 aromatic heterocycles. The molecule has 0 unspecified atom stereocenters. The van der Waals surface area contributed by atoms with Crippen LogP contribution in [0.3, 0.4) is 0 Å². The molecule has 2 rings (SSSR count). The fraction of sp³-hybridized carbons (Fsp3) is 0.308. The van der Waals surface area contributed by atoms with E-state index in [0.29, 0.717) is 18.0 Å². The zero-order valence-corrected chi connectivity index (χ0v) is 10.7. The Kier molecular flexibility index (Phi) is 3.53. The van der Waals surface area contributed by atoms with Crippen molar-refractivity contribution in [3.05, 3.63) is 29.5 Å². The fourth-order valence-electron chi connectivity index (χ4n) is 1.79. The molecule has 0 atom stereocenters. The van der Waals surface area contributed by atoms with Crippen LogP contribution in [0.25, 0.3) is 11.3 Å². The molecule has 0 aliphatic rings. The van der Waals surface area contributed by atoms with Crippen molar-refractivity contribution in [1.82, 2.24) is 5.16 Å². The van der Waals surface area contributed by atoms with Gasteiger partial charge in [0.2, 0.25) is 0 Å². The quantitative estimate of drug-likeness (QED) is 0.897. The maximum absolute atomic E-state index is 5.50. The van der Waals surface area contributed by atoms with Crippen LogP contribution in [0, 0.1) is 6.92 Å². The van der Waals surface area contributed by atoms with Gasteiger partial charge in [0.15, 0.2) is 5.76 Å². The third-order valence-electron chi connectivity index (χ3n) is 2.75. The normalized spacial score (nSPS) is 10.4. The van der Waals surface area contributed by atoms with Crippen molar-refractivity contribution in [1.29, 1.82) is 0 Å². The average molecular weight is 248 g/mol. The van der Waals surface area contributed by atoms with Crippen LogP contribution in [0.1, 0.15) is 11.3 Å². The molecule has 2 N–H and O–H groups in total. The van der Waals surface area contributed by atoms with Gasteiger partial charge in [-0.3, -0.25) is 0 Å². The van der Waals surface area contributed by atoms with E-state index in [0.717, 1.165) is 22.6 Å². The molecule has 2 aromatic rings. The van der Waals surface area contributed by atoms with E-state index in [2.05, 4.69) is 5.16 Å². The highest BCUT2D eigenvalue weighted by Gasteiger charge is 2.14. The number of nitrogens with two attached hydrogens (primary N) is 1. The fourth-order valence-corrected chi connectivity index (χ4v) is 1.79. The SMILES string of the molecule is COc1cc(-c2cc(CN)on2)c(OC)cc1C. The number of nitrogens with zero attached hydrogens (tertiary/aromatic N) is 1. The third kappa shape index (κ3) is 2.17. The average Bonchev–Trinajstić information content (AvgIpc) is 2.87. The summed E-state index contributed by atoms with van der Waals surface area (Å²) >= 11 is 0. The summed E-state index contributed by atoms with van der Waals surface area (Å²) in [5.74, 6) is 2.14. The smallest absolute Gasteiger partial charge is 0.150 e. The van der Waals surface area contributed by atoms with Gasteiger partial charge in [-0.2, -0.15) is 0 Å². The minimum atomic E-state index is 0.318. The number of hydrogen-bond donors (Lipinski definition) is 1. The Hall–Kier alpha value is -2.01. The van der Waals surface area contributed by atoms with Crippen molar-refractivity contribution in [2.24, 2.45) is 5.73 Å². The summed E-state index contributed by atoms with van der Waals surface area (Å²) in [5.41, 5.74) is 8.01. The molecule has 0 spiro atoms. The van der Waals surface area contributed by atoms with Crippen LogP contribution in [0.2, 0.25) is 0 Å². The second-order valence-electron chi connectivity index (χ2n) is 3.90. The minimum absolute atomic E-state index is 0.318. The second-order valence-corrected chi connectivity index (χ2v) is 3.90. The van der Waals surface area contributed by atoms with Crippen LogP contribution in [-0.2, 0) is 6.54 Å². The monoisotopic (exact) mass is 248 g/mol. The number of hydrogen-bond acceptors (Lipinski definition) is 5. The molecule has 0 fully saturated rings. The second kappa shape index (κ2) is 5.10. The van der Waals surface area contributed by atoms with Gasteiger partial charge in [0.05, 0.1) is 20.8 Å². The summed E-state index contributed by atoms with van der Waals surface area (Å²) in [6, 6.07) is 5.59. The lowest BCUT2D eigenvalue weighted by atomic mass is 10.1. The van der Waals surface area contributed by atoms with Crippen molar-refractivity contribution in [2.45, 2.75) is 13.5 Å². The number of rotatable bonds is 4. The molecule has 0 bridgehead atoms. The highest BCUT2D eigenvalue weighted by molar-refractivity contribution is 5.70. The van der Waals surface area contributed by atoms with Gasteiger partial charge < -0.3 is 19.7 Å². The van der Waals surface area contributed by atoms with Crippen molar-refractivity contribution in [3.63, 3.8) is 0 Å². The first-order valence-corrected chi connectivity index (χ1v) is 5.58. The van der Waals surface area contributed by atoms with E-state index in [1.54, 1.807) is 20.3 Å². The largest absolute Gasteiger partial charge is 0.496 e. The predicted octanol–water partition coefficient (Wildman–Crippen LogP) is 2.13. The van der Waals surface area contributed by atoms with Crippen LogP contribution < -0.4 is 15.2 Å². The molecule has 96 valence electrons. The van der Waals surface area contributed by atoms with Crippen molar-refractivity contribution in [2.75, 3.05) is 14.2 Å². The number of methoxy groups -OCH3 is 2. The van der Waals surface area contributed by atoms with Gasteiger partial charge in [0.25, 0.3) is 0 Å². The first-order chi connectivity index (χ1) is 8.69. The maximum Gasteiger partial charge on any atom is 0.150 e. The van der Waals surface area contributed by atoms with Crippen LogP contribution in [0.15, 0.2) is 22.7 Å². The number of ether oxygens (including phenoxy) is 2. The Balaban J connectivity index is 2.54. The zero-order valence-electron chi connectivity index (χ0n) is 10.7. The van der Waals surface area contributed by atoms with Crippen LogP contribution in [0.4, 0.5) is 0 Å². The van der Waals surface area contributed by atoms with E-state index in [1.165, 1.54) is 0 Å². The van der Waals surface area contributed by atoms with Crippen LogP contribution in [-0.4, -0.2) is 19.4 Å². The molecule has 5 heteroatoms. The lowest BCUT2D eigenvalue weighted by molar-refractivity contribution is 0.384. The molecule has 0 aliphatic carbocycles. The van der Waals surface area contributed by atoms with Gasteiger partial charge in [0.1, 0.15) is 17.2 Å². The molecular weight excluding hydrogens is 232 g/mol. The van der Waals surface area contributed by atoms with E-state index in [4.69, 9.17) is 19.7 Å². The summed E-state index contributed by atoms with van der Waals surface area (Å²) in [5, 5.41) is 3.98. The molecule has 1 heterocycles. The molecule has 0 amide bonds. The molecule has 0 radical (unpaired) electrons. The van der Waals surface area contributed by atoms with Crippen LogP contribution in [0.5, 0.6) is 11.5 Å². The molecule has 5 nitrogen and oxygen atoms in total. The Morgan fingerprint density at radius 3 is 2.44 bits per heavy atom. The summed E-state index contributed by atoms with van der Waals surface area (Å²) in [6.07, 6.45) is 0. The first-order valence-electron chi connectivity index (χ1n) is 5.58. The number of aromatic nitrogens is 1. The van der Waals surface area contributed by atoms with Gasteiger partial charge in [0, 0.05) is 11.6 Å². The Labute approximate surface area is 105 Å². The van der Waals surface area contributed by atoms with E-state index >= 15 is 0 Å². The van der Waals surface area contributed by atoms with Gasteiger partial charge in [-0.1, -0.05) is 5.16 Å². The van der Waals surface area contributed by atoms with Crippen molar-refractivity contribution >= 4 is 0 Å². The lowest BCUT2D eigenvalue weighted by Gasteiger charge is -2.11. The Morgan fingerprint density at radius 2 is 1.89 bits per heavy atom.